The molecule has 1 amide bonds. The third-order valence-corrected chi connectivity index (χ3v) is 3.63. The highest BCUT2D eigenvalue weighted by Crippen LogP contribution is 2.30. The number of para-hydroxylation sites is 1. The molecule has 0 saturated heterocycles. The van der Waals surface area contributed by atoms with Gasteiger partial charge in [0.25, 0.3) is 0 Å². The summed E-state index contributed by atoms with van der Waals surface area (Å²) in [5.41, 5.74) is 1.81. The van der Waals surface area contributed by atoms with E-state index in [2.05, 4.69) is 5.32 Å². The van der Waals surface area contributed by atoms with Crippen LogP contribution in [-0.4, -0.2) is 26.2 Å². The highest BCUT2D eigenvalue weighted by Gasteiger charge is 2.11. The summed E-state index contributed by atoms with van der Waals surface area (Å²) in [4.78, 5) is 12.0. The van der Waals surface area contributed by atoms with E-state index in [-0.39, 0.29) is 5.91 Å². The Hall–Kier alpha value is -2.95. The Morgan fingerprint density at radius 1 is 1.17 bits per heavy atom. The van der Waals surface area contributed by atoms with Crippen LogP contribution in [0.1, 0.15) is 11.1 Å². The molecule has 24 heavy (non-hydrogen) atoms. The summed E-state index contributed by atoms with van der Waals surface area (Å²) >= 11 is 0. The molecule has 124 valence electrons. The van der Waals surface area contributed by atoms with Crippen LogP contribution in [0, 0.1) is 0 Å². The SMILES string of the molecule is COc1ccccc1C=CC(=O)NCc1ccc2c(c1)OCCO2. The minimum atomic E-state index is -0.171. The monoisotopic (exact) mass is 325 g/mol. The maximum atomic E-state index is 12.0. The molecule has 2 aromatic rings. The number of carbonyl (C=O) groups excluding carboxylic acids is 1. The predicted molar refractivity (Wildman–Crippen MR) is 91.3 cm³/mol. The molecule has 0 aliphatic carbocycles. The van der Waals surface area contributed by atoms with Gasteiger partial charge in [-0.15, -0.1) is 0 Å². The number of benzene rings is 2. The van der Waals surface area contributed by atoms with Crippen LogP contribution in [0.15, 0.2) is 48.5 Å². The number of amides is 1. The number of hydrogen-bond donors (Lipinski definition) is 1. The van der Waals surface area contributed by atoms with Crippen molar-refractivity contribution < 1.29 is 19.0 Å². The van der Waals surface area contributed by atoms with Crippen LogP contribution < -0.4 is 19.5 Å². The minimum absolute atomic E-state index is 0.171. The van der Waals surface area contributed by atoms with Gasteiger partial charge in [0.2, 0.25) is 5.91 Å². The first-order valence-corrected chi connectivity index (χ1v) is 7.74. The molecule has 1 aliphatic heterocycles. The van der Waals surface area contributed by atoms with E-state index in [1.165, 1.54) is 6.08 Å². The molecular formula is C19H19NO4. The molecule has 0 atom stereocenters. The lowest BCUT2D eigenvalue weighted by Gasteiger charge is -2.18. The number of fused-ring (bicyclic) bond motifs is 1. The summed E-state index contributed by atoms with van der Waals surface area (Å²) in [5, 5.41) is 2.85. The molecular weight excluding hydrogens is 306 g/mol. The van der Waals surface area contributed by atoms with Crippen molar-refractivity contribution in [2.24, 2.45) is 0 Å². The fourth-order valence-corrected chi connectivity index (χ4v) is 2.42. The van der Waals surface area contributed by atoms with Gasteiger partial charge in [-0.1, -0.05) is 24.3 Å². The first-order chi connectivity index (χ1) is 11.8. The Labute approximate surface area is 140 Å². The number of hydrogen-bond acceptors (Lipinski definition) is 4. The summed E-state index contributed by atoms with van der Waals surface area (Å²) in [6.07, 6.45) is 3.23. The molecule has 1 aliphatic rings. The molecule has 0 fully saturated rings. The van der Waals surface area contributed by atoms with Gasteiger partial charge >= 0.3 is 0 Å². The largest absolute Gasteiger partial charge is 0.496 e. The molecule has 5 heteroatoms. The van der Waals surface area contributed by atoms with Gasteiger partial charge in [-0.3, -0.25) is 4.79 Å². The van der Waals surface area contributed by atoms with Crippen molar-refractivity contribution in [3.05, 3.63) is 59.7 Å². The lowest BCUT2D eigenvalue weighted by atomic mass is 10.1. The number of nitrogens with one attached hydrogen (secondary N) is 1. The summed E-state index contributed by atoms with van der Waals surface area (Å²) in [5.74, 6) is 2.02. The highest BCUT2D eigenvalue weighted by atomic mass is 16.6. The van der Waals surface area contributed by atoms with Crippen molar-refractivity contribution in [3.63, 3.8) is 0 Å². The Morgan fingerprint density at radius 3 is 2.79 bits per heavy atom. The Balaban J connectivity index is 1.58. The van der Waals surface area contributed by atoms with E-state index < -0.39 is 0 Å². The molecule has 0 saturated carbocycles. The molecule has 1 N–H and O–H groups in total. The Kier molecular flexibility index (Phi) is 5.01. The number of carbonyl (C=O) groups is 1. The van der Waals surface area contributed by atoms with E-state index in [4.69, 9.17) is 14.2 Å². The number of rotatable bonds is 5. The van der Waals surface area contributed by atoms with Gasteiger partial charge < -0.3 is 19.5 Å². The van der Waals surface area contributed by atoms with Gasteiger partial charge in [-0.25, -0.2) is 0 Å². The van der Waals surface area contributed by atoms with Crippen molar-refractivity contribution in [2.45, 2.75) is 6.54 Å². The third-order valence-electron chi connectivity index (χ3n) is 3.63. The molecule has 0 unspecified atom stereocenters. The normalized spacial score (nSPS) is 12.9. The van der Waals surface area contributed by atoms with E-state index in [1.807, 2.05) is 42.5 Å². The zero-order chi connectivity index (χ0) is 16.8. The predicted octanol–water partition coefficient (Wildman–Crippen LogP) is 2.80. The van der Waals surface area contributed by atoms with Crippen molar-refractivity contribution in [2.75, 3.05) is 20.3 Å². The molecule has 0 aromatic heterocycles. The number of methoxy groups -OCH3 is 1. The summed E-state index contributed by atoms with van der Waals surface area (Å²) in [6.45, 7) is 1.53. The summed E-state index contributed by atoms with van der Waals surface area (Å²) in [7, 11) is 1.61. The first kappa shape index (κ1) is 15.9. The highest BCUT2D eigenvalue weighted by molar-refractivity contribution is 5.92. The van der Waals surface area contributed by atoms with Crippen LogP contribution in [0.5, 0.6) is 17.2 Å². The van der Waals surface area contributed by atoms with Gasteiger partial charge in [-0.2, -0.15) is 0 Å². The van der Waals surface area contributed by atoms with Gasteiger partial charge in [0.15, 0.2) is 11.5 Å². The fraction of sp³-hybridized carbons (Fsp3) is 0.211. The van der Waals surface area contributed by atoms with Crippen LogP contribution in [-0.2, 0) is 11.3 Å². The second kappa shape index (κ2) is 7.55. The van der Waals surface area contributed by atoms with Gasteiger partial charge in [0, 0.05) is 18.2 Å². The summed E-state index contributed by atoms with van der Waals surface area (Å²) < 4.78 is 16.3. The molecule has 0 bridgehead atoms. The second-order valence-corrected chi connectivity index (χ2v) is 5.27. The zero-order valence-corrected chi connectivity index (χ0v) is 13.5. The van der Waals surface area contributed by atoms with Crippen molar-refractivity contribution in [3.8, 4) is 17.2 Å². The second-order valence-electron chi connectivity index (χ2n) is 5.27. The van der Waals surface area contributed by atoms with Crippen LogP contribution >= 0.6 is 0 Å². The standard InChI is InChI=1S/C19H19NO4/c1-22-16-5-3-2-4-15(16)7-9-19(21)20-13-14-6-8-17-18(12-14)24-11-10-23-17/h2-9,12H,10-11,13H2,1H3,(H,20,21). The van der Waals surface area contributed by atoms with Gasteiger partial charge in [-0.05, 0) is 29.8 Å². The molecule has 5 nitrogen and oxygen atoms in total. The molecule has 2 aromatic carbocycles. The van der Waals surface area contributed by atoms with Crippen LogP contribution in [0.2, 0.25) is 0 Å². The topological polar surface area (TPSA) is 56.8 Å². The first-order valence-electron chi connectivity index (χ1n) is 7.74. The lowest BCUT2D eigenvalue weighted by Crippen LogP contribution is -2.21. The van der Waals surface area contributed by atoms with Crippen molar-refractivity contribution in [1.29, 1.82) is 0 Å². The van der Waals surface area contributed by atoms with E-state index in [9.17, 15) is 4.79 Å². The summed E-state index contributed by atoms with van der Waals surface area (Å²) in [6, 6.07) is 13.2. The maximum absolute atomic E-state index is 12.0. The fourth-order valence-electron chi connectivity index (χ4n) is 2.42. The molecule has 3 rings (SSSR count). The lowest BCUT2D eigenvalue weighted by molar-refractivity contribution is -0.116. The maximum Gasteiger partial charge on any atom is 0.244 e. The quantitative estimate of drug-likeness (QED) is 0.859. The Morgan fingerprint density at radius 2 is 1.96 bits per heavy atom. The molecule has 0 radical (unpaired) electrons. The number of ether oxygens (including phenoxy) is 3. The average molecular weight is 325 g/mol. The van der Waals surface area contributed by atoms with Gasteiger partial charge in [0.1, 0.15) is 19.0 Å². The average Bonchev–Trinajstić information content (AvgIpc) is 2.64. The van der Waals surface area contributed by atoms with E-state index in [1.54, 1.807) is 13.2 Å². The van der Waals surface area contributed by atoms with E-state index in [0.717, 1.165) is 28.4 Å². The van der Waals surface area contributed by atoms with Crippen LogP contribution in [0.25, 0.3) is 6.08 Å². The van der Waals surface area contributed by atoms with Gasteiger partial charge in [0.05, 0.1) is 7.11 Å². The van der Waals surface area contributed by atoms with Crippen molar-refractivity contribution >= 4 is 12.0 Å². The third kappa shape index (κ3) is 3.87. The smallest absolute Gasteiger partial charge is 0.244 e. The van der Waals surface area contributed by atoms with E-state index in [0.29, 0.717) is 19.8 Å². The van der Waals surface area contributed by atoms with E-state index >= 15 is 0 Å². The zero-order valence-electron chi connectivity index (χ0n) is 13.5. The molecule has 1 heterocycles. The molecule has 0 spiro atoms. The van der Waals surface area contributed by atoms with Crippen LogP contribution in [0.3, 0.4) is 0 Å². The Bertz CT molecular complexity index is 755. The van der Waals surface area contributed by atoms with Crippen molar-refractivity contribution in [1.82, 2.24) is 5.32 Å². The minimum Gasteiger partial charge on any atom is -0.496 e. The van der Waals surface area contributed by atoms with Crippen LogP contribution in [0.4, 0.5) is 0 Å².